The van der Waals surface area contributed by atoms with Crippen LogP contribution in [0.25, 0.3) is 10.9 Å². The number of thioether (sulfide) groups is 1. The number of aromatic nitrogens is 2. The summed E-state index contributed by atoms with van der Waals surface area (Å²) >= 11 is 1.16. The summed E-state index contributed by atoms with van der Waals surface area (Å²) < 4.78 is 30.1. The van der Waals surface area contributed by atoms with E-state index in [1.807, 2.05) is 6.92 Å². The van der Waals surface area contributed by atoms with Crippen LogP contribution in [0.3, 0.4) is 0 Å². The van der Waals surface area contributed by atoms with Crippen LogP contribution in [0.5, 0.6) is 5.75 Å². The number of para-hydroxylation sites is 1. The average Bonchev–Trinajstić information content (AvgIpc) is 2.68. The molecule has 3 rings (SSSR count). The van der Waals surface area contributed by atoms with E-state index in [-0.39, 0.29) is 23.0 Å². The van der Waals surface area contributed by atoms with Gasteiger partial charge in [0.25, 0.3) is 5.56 Å². The second kappa shape index (κ2) is 8.83. The number of carbonyl (C=O) groups is 1. The molecule has 6 nitrogen and oxygen atoms in total. The Morgan fingerprint density at radius 1 is 1.21 bits per heavy atom. The number of hydrogen-bond donors (Lipinski definition) is 1. The van der Waals surface area contributed by atoms with Crippen molar-refractivity contribution in [1.82, 2.24) is 9.55 Å². The van der Waals surface area contributed by atoms with Crippen molar-refractivity contribution in [3.63, 3.8) is 0 Å². The number of fused-ring (bicyclic) bond motifs is 1. The van der Waals surface area contributed by atoms with E-state index < -0.39 is 6.61 Å². The van der Waals surface area contributed by atoms with Gasteiger partial charge in [-0.15, -0.1) is 0 Å². The SMILES string of the molecule is CCn1c(SCC(=O)Nc2ccc(OC(F)F)cc2)nc2ccccc2c1=O. The largest absolute Gasteiger partial charge is 0.435 e. The molecule has 0 fully saturated rings. The third-order valence-corrected chi connectivity index (χ3v) is 4.81. The first kappa shape index (κ1) is 19.8. The summed E-state index contributed by atoms with van der Waals surface area (Å²) in [5, 5.41) is 3.66. The minimum atomic E-state index is -2.90. The maximum absolute atomic E-state index is 12.6. The number of carbonyl (C=O) groups excluding carboxylic acids is 1. The molecule has 0 unspecified atom stereocenters. The molecule has 0 bridgehead atoms. The maximum atomic E-state index is 12.6. The fraction of sp³-hybridized carbons (Fsp3) is 0.211. The molecular weight excluding hydrogens is 388 g/mol. The van der Waals surface area contributed by atoms with Gasteiger partial charge in [0.15, 0.2) is 5.16 Å². The van der Waals surface area contributed by atoms with Crippen molar-refractivity contribution < 1.29 is 18.3 Å². The summed E-state index contributed by atoms with van der Waals surface area (Å²) in [6, 6.07) is 12.7. The van der Waals surface area contributed by atoms with E-state index in [1.54, 1.807) is 24.3 Å². The summed E-state index contributed by atoms with van der Waals surface area (Å²) in [4.78, 5) is 29.2. The summed E-state index contributed by atoms with van der Waals surface area (Å²) in [6.45, 7) is -0.625. The molecular formula is C19H17F2N3O3S. The topological polar surface area (TPSA) is 73.2 Å². The molecule has 3 aromatic rings. The molecule has 0 saturated heterocycles. The number of nitrogens with zero attached hydrogens (tertiary/aromatic N) is 2. The molecule has 0 spiro atoms. The van der Waals surface area contributed by atoms with Crippen molar-refractivity contribution >= 4 is 34.3 Å². The molecule has 0 saturated carbocycles. The quantitative estimate of drug-likeness (QED) is 0.479. The average molecular weight is 405 g/mol. The lowest BCUT2D eigenvalue weighted by Crippen LogP contribution is -2.23. The highest BCUT2D eigenvalue weighted by molar-refractivity contribution is 7.99. The van der Waals surface area contributed by atoms with E-state index in [0.29, 0.717) is 28.3 Å². The first-order valence-electron chi connectivity index (χ1n) is 8.45. The van der Waals surface area contributed by atoms with Gasteiger partial charge < -0.3 is 10.1 Å². The Morgan fingerprint density at radius 3 is 2.61 bits per heavy atom. The van der Waals surface area contributed by atoms with Crippen LogP contribution in [0.15, 0.2) is 58.5 Å². The first-order chi connectivity index (χ1) is 13.5. The third kappa shape index (κ3) is 4.66. The predicted molar refractivity (Wildman–Crippen MR) is 104 cm³/mol. The van der Waals surface area contributed by atoms with Gasteiger partial charge in [-0.05, 0) is 43.3 Å². The standard InChI is InChI=1S/C19H17F2N3O3S/c1-2-24-17(26)14-5-3-4-6-15(14)23-19(24)28-11-16(25)22-12-7-9-13(10-8-12)27-18(20)21/h3-10,18H,2,11H2,1H3,(H,22,25). The van der Waals surface area contributed by atoms with E-state index in [0.717, 1.165) is 11.8 Å². The Balaban J connectivity index is 1.68. The van der Waals surface area contributed by atoms with Crippen LogP contribution in [0, 0.1) is 0 Å². The van der Waals surface area contributed by atoms with Gasteiger partial charge >= 0.3 is 6.61 Å². The maximum Gasteiger partial charge on any atom is 0.387 e. The van der Waals surface area contributed by atoms with Gasteiger partial charge in [0, 0.05) is 12.2 Å². The molecule has 1 heterocycles. The summed E-state index contributed by atoms with van der Waals surface area (Å²) in [7, 11) is 0. The van der Waals surface area contributed by atoms with E-state index in [9.17, 15) is 18.4 Å². The lowest BCUT2D eigenvalue weighted by Gasteiger charge is -2.11. The summed E-state index contributed by atoms with van der Waals surface area (Å²) in [5.41, 5.74) is 0.881. The van der Waals surface area contributed by atoms with Crippen LogP contribution in [0.4, 0.5) is 14.5 Å². The van der Waals surface area contributed by atoms with Gasteiger partial charge in [0.05, 0.1) is 16.7 Å². The van der Waals surface area contributed by atoms with Crippen molar-refractivity contribution in [3.8, 4) is 5.75 Å². The molecule has 1 N–H and O–H groups in total. The molecule has 0 aliphatic carbocycles. The van der Waals surface area contributed by atoms with Gasteiger partial charge in [0.1, 0.15) is 5.75 Å². The van der Waals surface area contributed by atoms with Gasteiger partial charge in [-0.3, -0.25) is 14.2 Å². The van der Waals surface area contributed by atoms with Crippen molar-refractivity contribution in [2.45, 2.75) is 25.2 Å². The van der Waals surface area contributed by atoms with Gasteiger partial charge in [-0.1, -0.05) is 23.9 Å². The summed E-state index contributed by atoms with van der Waals surface area (Å²) in [6.07, 6.45) is 0. The fourth-order valence-corrected chi connectivity index (χ4v) is 3.45. The second-order valence-corrected chi connectivity index (χ2v) is 6.64. The van der Waals surface area contributed by atoms with Gasteiger partial charge in [-0.2, -0.15) is 8.78 Å². The minimum Gasteiger partial charge on any atom is -0.435 e. The zero-order valence-electron chi connectivity index (χ0n) is 14.9. The van der Waals surface area contributed by atoms with Crippen LogP contribution < -0.4 is 15.6 Å². The zero-order valence-corrected chi connectivity index (χ0v) is 15.7. The van der Waals surface area contributed by atoms with Crippen molar-refractivity contribution in [3.05, 3.63) is 58.9 Å². The highest BCUT2D eigenvalue weighted by Gasteiger charge is 2.12. The smallest absolute Gasteiger partial charge is 0.387 e. The lowest BCUT2D eigenvalue weighted by atomic mass is 10.2. The van der Waals surface area contributed by atoms with E-state index >= 15 is 0 Å². The molecule has 2 aromatic carbocycles. The van der Waals surface area contributed by atoms with Gasteiger partial charge in [0.2, 0.25) is 5.91 Å². The zero-order chi connectivity index (χ0) is 20.1. The number of benzene rings is 2. The van der Waals surface area contributed by atoms with Crippen LogP contribution >= 0.6 is 11.8 Å². The Hall–Kier alpha value is -2.94. The van der Waals surface area contributed by atoms with Crippen molar-refractivity contribution in [2.75, 3.05) is 11.1 Å². The molecule has 146 valence electrons. The molecule has 9 heteroatoms. The summed E-state index contributed by atoms with van der Waals surface area (Å²) in [5.74, 6) is -0.257. The molecule has 1 amide bonds. The van der Waals surface area contributed by atoms with Crippen LogP contribution in [-0.2, 0) is 11.3 Å². The Kier molecular flexibility index (Phi) is 6.25. The van der Waals surface area contributed by atoms with Crippen molar-refractivity contribution in [1.29, 1.82) is 0 Å². The number of rotatable bonds is 7. The highest BCUT2D eigenvalue weighted by atomic mass is 32.2. The number of anilines is 1. The normalized spacial score (nSPS) is 11.0. The number of amides is 1. The van der Waals surface area contributed by atoms with Crippen LogP contribution in [0.2, 0.25) is 0 Å². The van der Waals surface area contributed by atoms with E-state index in [4.69, 9.17) is 0 Å². The molecule has 28 heavy (non-hydrogen) atoms. The molecule has 0 aliphatic heterocycles. The predicted octanol–water partition coefficient (Wildman–Crippen LogP) is 3.75. The molecule has 0 aliphatic rings. The molecule has 0 atom stereocenters. The number of alkyl halides is 2. The van der Waals surface area contributed by atoms with Crippen LogP contribution in [0.1, 0.15) is 6.92 Å². The first-order valence-corrected chi connectivity index (χ1v) is 9.43. The number of halogens is 2. The molecule has 1 aromatic heterocycles. The molecule has 0 radical (unpaired) electrons. The van der Waals surface area contributed by atoms with Crippen LogP contribution in [-0.4, -0.2) is 27.8 Å². The monoisotopic (exact) mass is 405 g/mol. The second-order valence-electron chi connectivity index (χ2n) is 5.70. The number of hydrogen-bond acceptors (Lipinski definition) is 5. The van der Waals surface area contributed by atoms with Crippen molar-refractivity contribution in [2.24, 2.45) is 0 Å². The lowest BCUT2D eigenvalue weighted by molar-refractivity contribution is -0.113. The fourth-order valence-electron chi connectivity index (χ4n) is 2.58. The van der Waals surface area contributed by atoms with Gasteiger partial charge in [-0.25, -0.2) is 4.98 Å². The Morgan fingerprint density at radius 2 is 1.93 bits per heavy atom. The Bertz CT molecular complexity index is 1040. The minimum absolute atomic E-state index is 0.00898. The highest BCUT2D eigenvalue weighted by Crippen LogP contribution is 2.20. The number of nitrogens with one attached hydrogen (secondary N) is 1. The van der Waals surface area contributed by atoms with E-state index in [1.165, 1.54) is 28.8 Å². The Labute approximate surface area is 163 Å². The third-order valence-electron chi connectivity index (χ3n) is 3.84. The van der Waals surface area contributed by atoms with E-state index in [2.05, 4.69) is 15.0 Å². The number of ether oxygens (including phenoxy) is 1.